The van der Waals surface area contributed by atoms with Gasteiger partial charge in [-0.1, -0.05) is 17.4 Å². The largest absolute Gasteiger partial charge is 0.490 e. The number of likely N-dealkylation sites (N-methyl/N-ethyl adjacent to an activating group) is 1. The molecule has 2 aromatic rings. The molecule has 1 N–H and O–H groups in total. The number of nitro groups is 1. The fraction of sp³-hybridized carbons (Fsp3) is 0.312. The Labute approximate surface area is 144 Å². The topological polar surface area (TPSA) is 84.7 Å². The SMILES string of the molecule is Cc1ccc(NC(=O)c2csc([N+](=O)[O-])c2)c(OCCN(C)C)c1. The molecule has 0 bridgehead atoms. The number of carbonyl (C=O) groups is 1. The number of amides is 1. The Balaban J connectivity index is 2.12. The summed E-state index contributed by atoms with van der Waals surface area (Å²) in [6.45, 7) is 3.17. The van der Waals surface area contributed by atoms with Crippen LogP contribution in [0.15, 0.2) is 29.6 Å². The first-order valence-electron chi connectivity index (χ1n) is 7.29. The van der Waals surface area contributed by atoms with Crippen molar-refractivity contribution in [3.63, 3.8) is 0 Å². The van der Waals surface area contributed by atoms with Gasteiger partial charge in [-0.25, -0.2) is 0 Å². The van der Waals surface area contributed by atoms with Gasteiger partial charge in [0.15, 0.2) is 0 Å². The number of carbonyl (C=O) groups excluding carboxylic acids is 1. The average Bonchev–Trinajstić information content (AvgIpc) is 2.99. The zero-order valence-corrected chi connectivity index (χ0v) is 14.6. The highest BCUT2D eigenvalue weighted by Crippen LogP contribution is 2.28. The molecule has 8 heteroatoms. The van der Waals surface area contributed by atoms with Crippen molar-refractivity contribution in [3.05, 3.63) is 50.9 Å². The quantitative estimate of drug-likeness (QED) is 0.613. The van der Waals surface area contributed by atoms with E-state index in [9.17, 15) is 14.9 Å². The number of benzene rings is 1. The number of anilines is 1. The number of hydrogen-bond donors (Lipinski definition) is 1. The maximum atomic E-state index is 12.3. The fourth-order valence-corrected chi connectivity index (χ4v) is 2.63. The molecule has 0 aliphatic heterocycles. The molecule has 24 heavy (non-hydrogen) atoms. The number of aryl methyl sites for hydroxylation is 1. The van der Waals surface area contributed by atoms with Gasteiger partial charge >= 0.3 is 5.00 Å². The van der Waals surface area contributed by atoms with Gasteiger partial charge in [0.05, 0.1) is 16.2 Å². The van der Waals surface area contributed by atoms with E-state index in [1.807, 2.05) is 38.1 Å². The molecule has 0 aliphatic carbocycles. The summed E-state index contributed by atoms with van der Waals surface area (Å²) in [4.78, 5) is 24.5. The Hall–Kier alpha value is -2.45. The number of ether oxygens (including phenoxy) is 1. The maximum Gasteiger partial charge on any atom is 0.324 e. The summed E-state index contributed by atoms with van der Waals surface area (Å²) >= 11 is 0.924. The Kier molecular flexibility index (Phi) is 5.88. The predicted octanol–water partition coefficient (Wildman–Crippen LogP) is 3.16. The van der Waals surface area contributed by atoms with Gasteiger partial charge in [-0.2, -0.15) is 0 Å². The summed E-state index contributed by atoms with van der Waals surface area (Å²) in [6, 6.07) is 6.74. The van der Waals surface area contributed by atoms with Crippen molar-refractivity contribution in [2.75, 3.05) is 32.6 Å². The van der Waals surface area contributed by atoms with Crippen molar-refractivity contribution in [1.29, 1.82) is 0 Å². The summed E-state index contributed by atoms with van der Waals surface area (Å²) in [5.41, 5.74) is 1.81. The molecule has 0 spiro atoms. The van der Waals surface area contributed by atoms with Crippen LogP contribution in [0.1, 0.15) is 15.9 Å². The highest BCUT2D eigenvalue weighted by Gasteiger charge is 2.16. The van der Waals surface area contributed by atoms with Crippen LogP contribution in [0, 0.1) is 17.0 Å². The van der Waals surface area contributed by atoms with E-state index >= 15 is 0 Å². The van der Waals surface area contributed by atoms with Crippen LogP contribution in [-0.4, -0.2) is 43.0 Å². The Morgan fingerprint density at radius 2 is 2.12 bits per heavy atom. The van der Waals surface area contributed by atoms with E-state index in [-0.39, 0.29) is 10.6 Å². The van der Waals surface area contributed by atoms with Crippen molar-refractivity contribution >= 4 is 27.9 Å². The minimum absolute atomic E-state index is 0.0634. The third kappa shape index (κ3) is 4.77. The molecule has 0 atom stereocenters. The zero-order valence-electron chi connectivity index (χ0n) is 13.7. The molecule has 2 rings (SSSR count). The minimum atomic E-state index is -0.511. The third-order valence-electron chi connectivity index (χ3n) is 3.21. The lowest BCUT2D eigenvalue weighted by atomic mass is 10.2. The van der Waals surface area contributed by atoms with E-state index in [4.69, 9.17) is 4.74 Å². The van der Waals surface area contributed by atoms with Crippen molar-refractivity contribution < 1.29 is 14.5 Å². The van der Waals surface area contributed by atoms with E-state index in [0.29, 0.717) is 18.0 Å². The van der Waals surface area contributed by atoms with Crippen molar-refractivity contribution in [3.8, 4) is 5.75 Å². The second-order valence-electron chi connectivity index (χ2n) is 5.54. The summed E-state index contributed by atoms with van der Waals surface area (Å²) in [5, 5.41) is 14.9. The number of nitrogens with zero attached hydrogens (tertiary/aromatic N) is 2. The molecule has 7 nitrogen and oxygen atoms in total. The molecule has 0 saturated carbocycles. The molecule has 0 aliphatic rings. The van der Waals surface area contributed by atoms with Crippen molar-refractivity contribution in [2.45, 2.75) is 6.92 Å². The summed E-state index contributed by atoms with van der Waals surface area (Å²) in [6.07, 6.45) is 0. The second-order valence-corrected chi connectivity index (χ2v) is 6.43. The predicted molar refractivity (Wildman–Crippen MR) is 94.2 cm³/mol. The van der Waals surface area contributed by atoms with E-state index < -0.39 is 10.8 Å². The van der Waals surface area contributed by atoms with Gasteiger partial charge in [0, 0.05) is 18.0 Å². The Bertz CT molecular complexity index is 743. The molecule has 1 amide bonds. The molecule has 0 fully saturated rings. The fourth-order valence-electron chi connectivity index (χ4n) is 1.92. The number of rotatable bonds is 7. The van der Waals surface area contributed by atoms with Crippen LogP contribution in [0.4, 0.5) is 10.7 Å². The molecule has 1 heterocycles. The number of nitrogens with one attached hydrogen (secondary N) is 1. The highest BCUT2D eigenvalue weighted by atomic mass is 32.1. The summed E-state index contributed by atoms with van der Waals surface area (Å²) < 4.78 is 5.75. The molecule has 1 aromatic heterocycles. The third-order valence-corrected chi connectivity index (χ3v) is 4.09. The van der Waals surface area contributed by atoms with E-state index in [1.54, 1.807) is 6.07 Å². The first kappa shape index (κ1) is 17.9. The number of thiophene rings is 1. The normalized spacial score (nSPS) is 10.7. The van der Waals surface area contributed by atoms with Gasteiger partial charge < -0.3 is 15.0 Å². The Morgan fingerprint density at radius 1 is 1.38 bits per heavy atom. The van der Waals surface area contributed by atoms with Crippen molar-refractivity contribution in [2.24, 2.45) is 0 Å². The molecule has 1 aromatic carbocycles. The average molecular weight is 349 g/mol. The smallest absolute Gasteiger partial charge is 0.324 e. The lowest BCUT2D eigenvalue weighted by Gasteiger charge is -2.15. The van der Waals surface area contributed by atoms with Crippen LogP contribution in [0.2, 0.25) is 0 Å². The van der Waals surface area contributed by atoms with Crippen LogP contribution < -0.4 is 10.1 Å². The van der Waals surface area contributed by atoms with Gasteiger partial charge in [0.25, 0.3) is 5.91 Å². The molecule has 0 radical (unpaired) electrons. The van der Waals surface area contributed by atoms with Crippen LogP contribution in [-0.2, 0) is 0 Å². The van der Waals surface area contributed by atoms with Crippen LogP contribution in [0.3, 0.4) is 0 Å². The van der Waals surface area contributed by atoms with Gasteiger partial charge in [0.1, 0.15) is 12.4 Å². The number of hydrogen-bond acceptors (Lipinski definition) is 6. The van der Waals surface area contributed by atoms with Crippen LogP contribution in [0.5, 0.6) is 5.75 Å². The van der Waals surface area contributed by atoms with Crippen LogP contribution in [0.25, 0.3) is 0 Å². The van der Waals surface area contributed by atoms with Gasteiger partial charge in [-0.15, -0.1) is 0 Å². The summed E-state index contributed by atoms with van der Waals surface area (Å²) in [7, 11) is 3.90. The molecule has 0 unspecified atom stereocenters. The van der Waals surface area contributed by atoms with E-state index in [1.165, 1.54) is 11.4 Å². The molecular formula is C16H19N3O4S. The van der Waals surface area contributed by atoms with Gasteiger partial charge in [-0.05, 0) is 38.7 Å². The lowest BCUT2D eigenvalue weighted by molar-refractivity contribution is -0.380. The standard InChI is InChI=1S/C16H19N3O4S/c1-11-4-5-13(14(8-11)23-7-6-18(2)3)17-16(20)12-9-15(19(21)22)24-10-12/h4-5,8-10H,6-7H2,1-3H3,(H,17,20). The van der Waals surface area contributed by atoms with Crippen molar-refractivity contribution in [1.82, 2.24) is 4.90 Å². The maximum absolute atomic E-state index is 12.3. The minimum Gasteiger partial charge on any atom is -0.490 e. The lowest BCUT2D eigenvalue weighted by Crippen LogP contribution is -2.20. The first-order valence-corrected chi connectivity index (χ1v) is 8.17. The van der Waals surface area contributed by atoms with Gasteiger partial charge in [-0.3, -0.25) is 14.9 Å². The highest BCUT2D eigenvalue weighted by molar-refractivity contribution is 7.13. The zero-order chi connectivity index (χ0) is 17.7. The molecule has 0 saturated heterocycles. The van der Waals surface area contributed by atoms with E-state index in [2.05, 4.69) is 5.32 Å². The first-order chi connectivity index (χ1) is 11.4. The molecule has 128 valence electrons. The summed E-state index contributed by atoms with van der Waals surface area (Å²) in [5.74, 6) is 0.176. The monoisotopic (exact) mass is 349 g/mol. The van der Waals surface area contributed by atoms with E-state index in [0.717, 1.165) is 23.4 Å². The molecular weight excluding hydrogens is 330 g/mol. The van der Waals surface area contributed by atoms with Gasteiger partial charge in [0.2, 0.25) is 0 Å². The Morgan fingerprint density at radius 3 is 2.75 bits per heavy atom. The van der Waals surface area contributed by atoms with Crippen LogP contribution >= 0.6 is 11.3 Å². The second kappa shape index (κ2) is 7.89.